The summed E-state index contributed by atoms with van der Waals surface area (Å²) >= 11 is 0. The molecule has 3 rings (SSSR count). The largest absolute Gasteiger partial charge is 0.478 e. The van der Waals surface area contributed by atoms with Crippen molar-refractivity contribution in [2.75, 3.05) is 37.3 Å². The Balaban J connectivity index is 1.60. The second-order valence-corrected chi connectivity index (χ2v) is 8.64. The molecule has 2 aliphatic rings. The quantitative estimate of drug-likeness (QED) is 0.740. The fourth-order valence-corrected chi connectivity index (χ4v) is 5.22. The number of ether oxygens (including phenoxy) is 1. The van der Waals surface area contributed by atoms with Crippen LogP contribution in [0.15, 0.2) is 18.3 Å². The van der Waals surface area contributed by atoms with E-state index in [4.69, 9.17) is 4.74 Å². The Hall–Kier alpha value is -2.20. The van der Waals surface area contributed by atoms with Crippen molar-refractivity contribution in [1.29, 1.82) is 0 Å². The summed E-state index contributed by atoms with van der Waals surface area (Å²) in [6.45, 7) is 3.50. The van der Waals surface area contributed by atoms with Gasteiger partial charge in [0.25, 0.3) is 0 Å². The molecule has 27 heavy (non-hydrogen) atoms. The van der Waals surface area contributed by atoms with Crippen molar-refractivity contribution in [1.82, 2.24) is 14.2 Å². The van der Waals surface area contributed by atoms with Gasteiger partial charge in [-0.15, -0.1) is 0 Å². The van der Waals surface area contributed by atoms with E-state index in [0.29, 0.717) is 50.5 Å². The fourth-order valence-electron chi connectivity index (χ4n) is 3.46. The van der Waals surface area contributed by atoms with E-state index < -0.39 is 21.8 Å². The summed E-state index contributed by atoms with van der Waals surface area (Å²) in [5, 5.41) is 2.53. The highest BCUT2D eigenvalue weighted by molar-refractivity contribution is 7.89. The van der Waals surface area contributed by atoms with Crippen LogP contribution in [0.4, 0.5) is 5.69 Å². The summed E-state index contributed by atoms with van der Waals surface area (Å²) in [5.41, 5.74) is 0.396. The van der Waals surface area contributed by atoms with Crippen LogP contribution in [0.5, 0.6) is 5.88 Å². The van der Waals surface area contributed by atoms with Crippen LogP contribution in [0.2, 0.25) is 0 Å². The van der Waals surface area contributed by atoms with Gasteiger partial charge in [-0.3, -0.25) is 9.59 Å². The molecule has 1 aromatic heterocycles. The maximum Gasteiger partial charge on any atom is 0.313 e. The maximum atomic E-state index is 12.5. The van der Waals surface area contributed by atoms with Crippen LogP contribution in [0.1, 0.15) is 26.2 Å². The molecule has 10 heteroatoms. The molecule has 1 aromatic rings. The Morgan fingerprint density at radius 3 is 2.74 bits per heavy atom. The van der Waals surface area contributed by atoms with E-state index in [-0.39, 0.29) is 18.3 Å². The van der Waals surface area contributed by atoms with Gasteiger partial charge in [0, 0.05) is 31.7 Å². The lowest BCUT2D eigenvalue weighted by atomic mass is 10.1. The molecule has 1 atom stereocenters. The molecule has 0 spiro atoms. The molecule has 9 nitrogen and oxygen atoms in total. The molecule has 1 unspecified atom stereocenters. The smallest absolute Gasteiger partial charge is 0.313 e. The Bertz CT molecular complexity index is 796. The first-order chi connectivity index (χ1) is 12.9. The average molecular weight is 396 g/mol. The number of sulfonamides is 1. The van der Waals surface area contributed by atoms with E-state index in [2.05, 4.69) is 10.3 Å². The van der Waals surface area contributed by atoms with Crippen LogP contribution in [-0.2, 0) is 19.6 Å². The number of nitrogens with one attached hydrogen (secondary N) is 1. The zero-order chi connectivity index (χ0) is 19.4. The van der Waals surface area contributed by atoms with E-state index in [9.17, 15) is 18.0 Å². The number of nitrogens with zero attached hydrogens (tertiary/aromatic N) is 3. The Labute approximate surface area is 158 Å². The molecule has 2 aliphatic heterocycles. The molecule has 2 fully saturated rings. The van der Waals surface area contributed by atoms with Crippen molar-refractivity contribution in [3.8, 4) is 5.88 Å². The van der Waals surface area contributed by atoms with Crippen LogP contribution in [0.3, 0.4) is 0 Å². The molecule has 2 saturated heterocycles. The number of hydrogen-bond donors (Lipinski definition) is 1. The van der Waals surface area contributed by atoms with E-state index in [1.807, 2.05) is 6.92 Å². The van der Waals surface area contributed by atoms with Crippen molar-refractivity contribution in [2.24, 2.45) is 0 Å². The van der Waals surface area contributed by atoms with Gasteiger partial charge in [0.15, 0.2) is 0 Å². The molecule has 1 N–H and O–H groups in total. The average Bonchev–Trinajstić information content (AvgIpc) is 3.02. The predicted molar refractivity (Wildman–Crippen MR) is 98.7 cm³/mol. The van der Waals surface area contributed by atoms with Crippen LogP contribution in [0.25, 0.3) is 0 Å². The van der Waals surface area contributed by atoms with E-state index >= 15 is 0 Å². The van der Waals surface area contributed by atoms with Crippen LogP contribution in [-0.4, -0.2) is 72.5 Å². The molecule has 0 bridgehead atoms. The molecule has 2 amide bonds. The molecule has 0 aliphatic carbocycles. The molecule has 0 aromatic carbocycles. The number of anilines is 1. The summed E-state index contributed by atoms with van der Waals surface area (Å²) in [4.78, 5) is 30.2. The number of rotatable bonds is 4. The normalized spacial score (nSPS) is 22.4. The summed E-state index contributed by atoms with van der Waals surface area (Å²) in [7, 11) is -3.24. The highest BCUT2D eigenvalue weighted by Crippen LogP contribution is 2.24. The van der Waals surface area contributed by atoms with Crippen molar-refractivity contribution >= 4 is 27.5 Å². The first-order valence-electron chi connectivity index (χ1n) is 9.09. The van der Waals surface area contributed by atoms with Crippen molar-refractivity contribution in [3.05, 3.63) is 18.3 Å². The third kappa shape index (κ3) is 4.56. The number of pyridine rings is 1. The van der Waals surface area contributed by atoms with E-state index in [1.165, 1.54) is 15.4 Å². The first kappa shape index (κ1) is 19.6. The molecule has 0 radical (unpaired) electrons. The van der Waals surface area contributed by atoms with Gasteiger partial charge in [-0.2, -0.15) is 4.31 Å². The topological polar surface area (TPSA) is 109 Å². The summed E-state index contributed by atoms with van der Waals surface area (Å²) in [6.07, 6.45) is 3.40. The van der Waals surface area contributed by atoms with Gasteiger partial charge < -0.3 is 15.0 Å². The van der Waals surface area contributed by atoms with Crippen molar-refractivity contribution in [2.45, 2.75) is 32.2 Å². The van der Waals surface area contributed by atoms with Crippen molar-refractivity contribution in [3.63, 3.8) is 0 Å². The van der Waals surface area contributed by atoms with Gasteiger partial charge in [-0.25, -0.2) is 13.4 Å². The zero-order valence-electron chi connectivity index (χ0n) is 15.3. The minimum atomic E-state index is -3.24. The van der Waals surface area contributed by atoms with Gasteiger partial charge in [0.1, 0.15) is 0 Å². The maximum absolute atomic E-state index is 12.5. The highest BCUT2D eigenvalue weighted by Gasteiger charge is 2.38. The summed E-state index contributed by atoms with van der Waals surface area (Å²) in [6, 6.07) is 2.97. The van der Waals surface area contributed by atoms with E-state index in [1.54, 1.807) is 12.1 Å². The highest BCUT2D eigenvalue weighted by atomic mass is 32.2. The van der Waals surface area contributed by atoms with E-state index in [0.717, 1.165) is 0 Å². The second kappa shape index (κ2) is 8.22. The number of hydrogen-bond acceptors (Lipinski definition) is 6. The lowest BCUT2D eigenvalue weighted by molar-refractivity contribution is -0.144. The van der Waals surface area contributed by atoms with Crippen LogP contribution >= 0.6 is 0 Å². The molecular weight excluding hydrogens is 372 g/mol. The standard InChI is InChI=1S/C17H24N4O5S/c1-2-26-15-7-6-13(11-18-15)19-16(22)17(23)20-8-3-5-14(12-20)21-9-4-10-27(21,24)25/h6-7,11,14H,2-5,8-10,12H2,1H3,(H,19,22). The lowest BCUT2D eigenvalue weighted by Crippen LogP contribution is -2.52. The number of likely N-dealkylation sites (tertiary alicyclic amines) is 1. The monoisotopic (exact) mass is 396 g/mol. The second-order valence-electron chi connectivity index (χ2n) is 6.60. The molecule has 0 saturated carbocycles. The molecule has 148 valence electrons. The Morgan fingerprint density at radius 2 is 2.11 bits per heavy atom. The van der Waals surface area contributed by atoms with Gasteiger partial charge >= 0.3 is 11.8 Å². The minimum Gasteiger partial charge on any atom is -0.478 e. The van der Waals surface area contributed by atoms with Gasteiger partial charge in [0.2, 0.25) is 15.9 Å². The van der Waals surface area contributed by atoms with Crippen molar-refractivity contribution < 1.29 is 22.7 Å². The molecule has 3 heterocycles. The Morgan fingerprint density at radius 1 is 1.30 bits per heavy atom. The SMILES string of the molecule is CCOc1ccc(NC(=O)C(=O)N2CCCC(N3CCCS3(=O)=O)C2)cn1. The van der Waals surface area contributed by atoms with Crippen LogP contribution < -0.4 is 10.1 Å². The minimum absolute atomic E-state index is 0.155. The van der Waals surface area contributed by atoms with Gasteiger partial charge in [-0.1, -0.05) is 0 Å². The Kier molecular flexibility index (Phi) is 5.95. The number of amides is 2. The molecular formula is C17H24N4O5S. The summed E-state index contributed by atoms with van der Waals surface area (Å²) in [5.74, 6) is -0.827. The zero-order valence-corrected chi connectivity index (χ0v) is 16.1. The number of aromatic nitrogens is 1. The van der Waals surface area contributed by atoms with Crippen LogP contribution in [0, 0.1) is 0 Å². The number of piperidine rings is 1. The lowest BCUT2D eigenvalue weighted by Gasteiger charge is -2.36. The van der Waals surface area contributed by atoms with Gasteiger partial charge in [-0.05, 0) is 32.3 Å². The predicted octanol–water partition coefficient (Wildman–Crippen LogP) is 0.445. The third-order valence-corrected chi connectivity index (χ3v) is 6.71. The number of carbonyl (C=O) groups is 2. The van der Waals surface area contributed by atoms with Gasteiger partial charge in [0.05, 0.1) is 24.2 Å². The number of carbonyl (C=O) groups excluding carboxylic acids is 2. The third-order valence-electron chi connectivity index (χ3n) is 4.71. The first-order valence-corrected chi connectivity index (χ1v) is 10.7. The summed E-state index contributed by atoms with van der Waals surface area (Å²) < 4.78 is 30.9. The fraction of sp³-hybridized carbons (Fsp3) is 0.588.